The molecule has 0 spiro atoms. The predicted octanol–water partition coefficient (Wildman–Crippen LogP) is 0.726. The number of hydrogen-bond donors (Lipinski definition) is 2. The standard InChI is InChI=1S/C20H25BN2O7/c1-22-4-5-29-11(8-22)6-17(24)23-9-12(10-23)30-16-3-2-13(14-7-15(14)21-28)19(25)18(16)20(26)27/h2-3,11-12,14-15,25H,4-10H2,1H3,(H,26,27)/t11-,14-,15-/m0/s1. The maximum absolute atomic E-state index is 12.4. The normalized spacial score (nSPS) is 26.6. The average Bonchev–Trinajstić information content (AvgIpc) is 3.43. The van der Waals surface area contributed by atoms with Gasteiger partial charge in [-0.3, -0.25) is 0 Å². The first-order chi connectivity index (χ1) is 14.4. The topological polar surface area (TPSA) is 117 Å². The molecule has 9 nitrogen and oxygen atoms in total. The molecule has 160 valence electrons. The number of carboxylic acid groups (broad SMARTS) is 1. The molecule has 2 N–H and O–H groups in total. The van der Waals surface area contributed by atoms with Gasteiger partial charge in [-0.2, -0.15) is 0 Å². The van der Waals surface area contributed by atoms with Gasteiger partial charge in [0.1, 0.15) is 0 Å². The molecular formula is C20H25BN2O7. The van der Waals surface area contributed by atoms with Crippen LogP contribution in [0.2, 0.25) is 5.82 Å². The van der Waals surface area contributed by atoms with Crippen LogP contribution >= 0.6 is 0 Å². The van der Waals surface area contributed by atoms with E-state index in [1.165, 1.54) is 6.07 Å². The molecule has 3 fully saturated rings. The number of carboxylic acids is 1. The van der Waals surface area contributed by atoms with Gasteiger partial charge in [-0.05, 0) is 7.05 Å². The van der Waals surface area contributed by atoms with Gasteiger partial charge in [0.05, 0.1) is 12.7 Å². The molecule has 0 unspecified atom stereocenters. The summed E-state index contributed by atoms with van der Waals surface area (Å²) in [7, 11) is 2.82. The third-order valence-corrected chi connectivity index (χ3v) is 6.04. The van der Waals surface area contributed by atoms with Crippen molar-refractivity contribution in [2.75, 3.05) is 39.8 Å². The number of carbonyl (C=O) groups is 2. The molecule has 1 saturated carbocycles. The van der Waals surface area contributed by atoms with Crippen molar-refractivity contribution in [2.24, 2.45) is 0 Å². The molecule has 2 saturated heterocycles. The number of aromatic hydroxyl groups is 1. The van der Waals surface area contributed by atoms with Crippen LogP contribution in [0, 0.1) is 0 Å². The summed E-state index contributed by atoms with van der Waals surface area (Å²) < 4.78 is 22.3. The molecule has 1 aromatic carbocycles. The number of rotatable bonds is 7. The van der Waals surface area contributed by atoms with Crippen LogP contribution in [0.15, 0.2) is 12.1 Å². The zero-order valence-electron chi connectivity index (χ0n) is 16.8. The molecule has 1 aliphatic carbocycles. The fraction of sp³-hybridized carbons (Fsp3) is 0.600. The summed E-state index contributed by atoms with van der Waals surface area (Å²) in [6, 6.07) is 3.14. The summed E-state index contributed by atoms with van der Waals surface area (Å²) in [6.45, 7) is 2.92. The van der Waals surface area contributed by atoms with Crippen molar-refractivity contribution in [1.82, 2.24) is 9.80 Å². The van der Waals surface area contributed by atoms with Crippen molar-refractivity contribution < 1.29 is 34.0 Å². The Bertz CT molecular complexity index is 858. The van der Waals surface area contributed by atoms with Gasteiger partial charge in [-0.15, -0.1) is 0 Å². The number of amides is 1. The zero-order valence-corrected chi connectivity index (χ0v) is 16.8. The number of hydrogen-bond acceptors (Lipinski definition) is 7. The Morgan fingerprint density at radius 1 is 1.30 bits per heavy atom. The molecule has 2 aliphatic heterocycles. The van der Waals surface area contributed by atoms with Crippen molar-refractivity contribution in [3.8, 4) is 11.5 Å². The first-order valence-electron chi connectivity index (χ1n) is 10.2. The van der Waals surface area contributed by atoms with E-state index < -0.39 is 5.97 Å². The number of carbonyl (C=O) groups excluding carboxylic acids is 1. The third kappa shape index (κ3) is 4.20. The Labute approximate surface area is 174 Å². The second-order valence-electron chi connectivity index (χ2n) is 8.32. The summed E-state index contributed by atoms with van der Waals surface area (Å²) in [5.41, 5.74) is 0.159. The van der Waals surface area contributed by atoms with Crippen molar-refractivity contribution in [2.45, 2.75) is 36.8 Å². The van der Waals surface area contributed by atoms with E-state index in [-0.39, 0.29) is 46.9 Å². The Kier molecular flexibility index (Phi) is 5.79. The summed E-state index contributed by atoms with van der Waals surface area (Å²) >= 11 is 0. The van der Waals surface area contributed by atoms with Gasteiger partial charge >= 0.3 is 132 Å². The molecular weight excluding hydrogens is 391 g/mol. The third-order valence-electron chi connectivity index (χ3n) is 6.04. The number of likely N-dealkylation sites (N-methyl/N-ethyl adjacent to an activating group) is 1. The number of likely N-dealkylation sites (tertiary alicyclic amines) is 1. The van der Waals surface area contributed by atoms with Crippen LogP contribution in [0.1, 0.15) is 34.7 Å². The summed E-state index contributed by atoms with van der Waals surface area (Å²) in [4.78, 5) is 27.9. The van der Waals surface area contributed by atoms with E-state index in [1.807, 2.05) is 7.05 Å². The number of morpholine rings is 1. The van der Waals surface area contributed by atoms with E-state index in [9.17, 15) is 24.5 Å². The van der Waals surface area contributed by atoms with Crippen molar-refractivity contribution in [1.29, 1.82) is 0 Å². The van der Waals surface area contributed by atoms with E-state index in [2.05, 4.69) is 4.90 Å². The molecule has 3 aliphatic rings. The quantitative estimate of drug-likeness (QED) is 0.625. The zero-order chi connectivity index (χ0) is 21.4. The molecule has 2 heterocycles. The van der Waals surface area contributed by atoms with Gasteiger partial charge in [0.15, 0.2) is 0 Å². The number of aromatic carboxylic acids is 1. The number of benzene rings is 1. The van der Waals surface area contributed by atoms with Crippen molar-refractivity contribution in [3.63, 3.8) is 0 Å². The maximum Gasteiger partial charge on any atom is 0.0248 e. The van der Waals surface area contributed by atoms with Gasteiger partial charge in [-0.25, -0.2) is 0 Å². The Morgan fingerprint density at radius 2 is 2.07 bits per heavy atom. The van der Waals surface area contributed by atoms with Crippen molar-refractivity contribution >= 4 is 19.0 Å². The molecule has 4 rings (SSSR count). The number of nitrogens with zero attached hydrogens (tertiary/aromatic N) is 2. The second kappa shape index (κ2) is 8.35. The van der Waals surface area contributed by atoms with Crippen molar-refractivity contribution in [3.05, 3.63) is 23.3 Å². The SMILES string of the molecule is CN1CCO[C@@H](CC(=O)N2CC(Oc3ccc([C@@H]4C[C@@H]4B=O)c(O)c3C(=O)O)C2)C1. The number of ether oxygens (including phenoxy) is 2. The van der Waals surface area contributed by atoms with Gasteiger partial charge < -0.3 is 9.64 Å². The van der Waals surface area contributed by atoms with Crippen LogP contribution < -0.4 is 4.74 Å². The summed E-state index contributed by atoms with van der Waals surface area (Å²) in [6.07, 6.45) is 0.468. The molecule has 0 aromatic heterocycles. The van der Waals surface area contributed by atoms with Crippen LogP contribution in [0.25, 0.3) is 0 Å². The first-order valence-corrected chi connectivity index (χ1v) is 10.2. The fourth-order valence-electron chi connectivity index (χ4n) is 4.13. The smallest absolute Gasteiger partial charge is 0.0248 e. The minimum atomic E-state index is -1.29. The largest absolute Gasteiger partial charge is 0.0248 e. The van der Waals surface area contributed by atoms with Crippen LogP contribution in [0.4, 0.5) is 0 Å². The van der Waals surface area contributed by atoms with Crippen LogP contribution in [0.5, 0.6) is 11.5 Å². The molecule has 30 heavy (non-hydrogen) atoms. The van der Waals surface area contributed by atoms with E-state index in [0.29, 0.717) is 38.1 Å². The summed E-state index contributed by atoms with van der Waals surface area (Å²) in [5, 5.41) is 20.0. The molecule has 10 heteroatoms. The number of phenols is 1. The monoisotopic (exact) mass is 416 g/mol. The Balaban J connectivity index is 1.35. The maximum atomic E-state index is 12.4. The molecule has 1 amide bonds. The minimum absolute atomic E-state index is 0.0135. The summed E-state index contributed by atoms with van der Waals surface area (Å²) in [5.74, 6) is -1.91. The van der Waals surface area contributed by atoms with Gasteiger partial charge in [-0.1, -0.05) is 0 Å². The van der Waals surface area contributed by atoms with Gasteiger partial charge in [0.2, 0.25) is 0 Å². The van der Waals surface area contributed by atoms with Gasteiger partial charge in [0.25, 0.3) is 0 Å². The van der Waals surface area contributed by atoms with E-state index in [4.69, 9.17) is 9.47 Å². The Hall–Kier alpha value is -2.46. The molecule has 1 aromatic rings. The predicted molar refractivity (Wildman–Crippen MR) is 105 cm³/mol. The molecule has 0 radical (unpaired) electrons. The second-order valence-corrected chi connectivity index (χ2v) is 8.32. The fourth-order valence-corrected chi connectivity index (χ4v) is 4.13. The minimum Gasteiger partial charge on any atom is 0.0248 e. The molecule has 0 bridgehead atoms. The average molecular weight is 416 g/mol. The molecule has 3 atom stereocenters. The van der Waals surface area contributed by atoms with E-state index >= 15 is 0 Å². The van der Waals surface area contributed by atoms with Crippen LogP contribution in [0.3, 0.4) is 0 Å². The van der Waals surface area contributed by atoms with Gasteiger partial charge in [0, 0.05) is 13.1 Å². The van der Waals surface area contributed by atoms with E-state index in [1.54, 1.807) is 11.0 Å². The van der Waals surface area contributed by atoms with Crippen LogP contribution in [-0.2, 0) is 14.2 Å². The first kappa shape index (κ1) is 20.8. The van der Waals surface area contributed by atoms with E-state index in [0.717, 1.165) is 20.2 Å². The van der Waals surface area contributed by atoms with Crippen LogP contribution in [-0.4, -0.2) is 91.1 Å². The Morgan fingerprint density at radius 3 is 2.70 bits per heavy atom.